The number of aromatic carboxylic acids is 1. The third-order valence-corrected chi connectivity index (χ3v) is 3.10. The second kappa shape index (κ2) is 8.35. The molecule has 4 heteroatoms. The van der Waals surface area contributed by atoms with E-state index in [-0.39, 0.29) is 5.56 Å². The lowest BCUT2D eigenvalue weighted by Crippen LogP contribution is -2.06. The minimum absolute atomic E-state index is 0.255. The van der Waals surface area contributed by atoms with E-state index in [1.807, 2.05) is 13.0 Å². The normalized spacial score (nSPS) is 11.4. The Morgan fingerprint density at radius 2 is 2.00 bits per heavy atom. The van der Waals surface area contributed by atoms with Gasteiger partial charge in [0.25, 0.3) is 0 Å². The monoisotopic (exact) mass is 276 g/mol. The highest BCUT2D eigenvalue weighted by Crippen LogP contribution is 2.18. The smallest absolute Gasteiger partial charge is 0.337 e. The first kappa shape index (κ1) is 16.2. The van der Waals surface area contributed by atoms with Crippen LogP contribution in [-0.4, -0.2) is 16.8 Å². The minimum atomic E-state index is -0.937. The van der Waals surface area contributed by atoms with Gasteiger partial charge in [-0.3, -0.25) is 5.43 Å². The van der Waals surface area contributed by atoms with Crippen LogP contribution in [0.15, 0.2) is 23.3 Å². The van der Waals surface area contributed by atoms with Gasteiger partial charge in [0.05, 0.1) is 11.3 Å². The highest BCUT2D eigenvalue weighted by Gasteiger charge is 2.09. The molecule has 0 heterocycles. The molecule has 2 N–H and O–H groups in total. The van der Waals surface area contributed by atoms with Gasteiger partial charge in [-0.05, 0) is 43.9 Å². The Hall–Kier alpha value is -1.84. The van der Waals surface area contributed by atoms with Gasteiger partial charge in [0.15, 0.2) is 0 Å². The fraction of sp³-hybridized carbons (Fsp3) is 0.500. The number of benzene rings is 1. The summed E-state index contributed by atoms with van der Waals surface area (Å²) in [5.41, 5.74) is 5.87. The second-order valence-electron chi connectivity index (χ2n) is 5.00. The number of carbonyl (C=O) groups is 1. The average Bonchev–Trinajstić information content (AvgIpc) is 2.41. The summed E-state index contributed by atoms with van der Waals surface area (Å²) in [7, 11) is 0. The van der Waals surface area contributed by atoms with Gasteiger partial charge >= 0.3 is 5.97 Å². The Morgan fingerprint density at radius 3 is 2.60 bits per heavy atom. The number of carboxylic acid groups (broad SMARTS) is 1. The fourth-order valence-corrected chi connectivity index (χ4v) is 1.98. The predicted octanol–water partition coefficient (Wildman–Crippen LogP) is 4.45. The summed E-state index contributed by atoms with van der Waals surface area (Å²) < 4.78 is 0. The summed E-state index contributed by atoms with van der Waals surface area (Å²) in [6, 6.07) is 5.22. The van der Waals surface area contributed by atoms with Gasteiger partial charge < -0.3 is 5.11 Å². The number of nitrogens with zero attached hydrogens (tertiary/aromatic N) is 1. The summed E-state index contributed by atoms with van der Waals surface area (Å²) in [6.07, 6.45) is 5.20. The lowest BCUT2D eigenvalue weighted by molar-refractivity contribution is 0.0698. The van der Waals surface area contributed by atoms with Crippen LogP contribution in [0.2, 0.25) is 0 Å². The number of hydrazone groups is 1. The largest absolute Gasteiger partial charge is 0.478 e. The van der Waals surface area contributed by atoms with Crippen LogP contribution in [0, 0.1) is 6.92 Å². The Kier molecular flexibility index (Phi) is 6.77. The van der Waals surface area contributed by atoms with Crippen molar-refractivity contribution in [1.29, 1.82) is 0 Å². The van der Waals surface area contributed by atoms with Crippen LogP contribution in [0.3, 0.4) is 0 Å². The van der Waals surface area contributed by atoms with Gasteiger partial charge in [-0.2, -0.15) is 5.10 Å². The number of anilines is 1. The molecule has 0 aliphatic carbocycles. The van der Waals surface area contributed by atoms with Gasteiger partial charge in [-0.25, -0.2) is 4.79 Å². The van der Waals surface area contributed by atoms with Crippen molar-refractivity contribution in [2.75, 3.05) is 5.43 Å². The Bertz CT molecular complexity index is 481. The highest BCUT2D eigenvalue weighted by atomic mass is 16.4. The first-order valence-electron chi connectivity index (χ1n) is 7.23. The molecular weight excluding hydrogens is 252 g/mol. The number of unbranched alkanes of at least 4 members (excludes halogenated alkanes) is 1. The molecule has 1 aromatic rings. The molecule has 0 spiro atoms. The van der Waals surface area contributed by atoms with E-state index in [2.05, 4.69) is 24.4 Å². The zero-order valence-corrected chi connectivity index (χ0v) is 12.6. The van der Waals surface area contributed by atoms with E-state index in [1.165, 1.54) is 0 Å². The molecule has 0 bridgehead atoms. The molecule has 1 aromatic carbocycles. The molecule has 4 nitrogen and oxygen atoms in total. The Balaban J connectivity index is 2.89. The van der Waals surface area contributed by atoms with Crippen molar-refractivity contribution in [3.05, 3.63) is 29.3 Å². The molecule has 0 unspecified atom stereocenters. The standard InChI is InChI=1S/C16H24N2O2/c1-4-6-8-13(7-5-2)17-18-15-11-12(3)9-10-14(15)16(19)20/h9-11,18H,4-8H2,1-3H3,(H,19,20)/b17-13-. The Morgan fingerprint density at radius 1 is 1.25 bits per heavy atom. The zero-order chi connectivity index (χ0) is 15.0. The maximum atomic E-state index is 11.2. The third-order valence-electron chi connectivity index (χ3n) is 3.10. The molecule has 0 atom stereocenters. The first-order chi connectivity index (χ1) is 9.58. The molecule has 20 heavy (non-hydrogen) atoms. The molecule has 0 saturated heterocycles. The van der Waals surface area contributed by atoms with Gasteiger partial charge in [0.1, 0.15) is 0 Å². The second-order valence-corrected chi connectivity index (χ2v) is 5.00. The fourth-order valence-electron chi connectivity index (χ4n) is 1.98. The molecule has 110 valence electrons. The van der Waals surface area contributed by atoms with Crippen molar-refractivity contribution in [3.63, 3.8) is 0 Å². The molecule has 0 fully saturated rings. The molecule has 0 aromatic heterocycles. The lowest BCUT2D eigenvalue weighted by atomic mass is 10.1. The maximum Gasteiger partial charge on any atom is 0.337 e. The van der Waals surface area contributed by atoms with Gasteiger partial charge in [-0.1, -0.05) is 32.8 Å². The number of carboxylic acids is 1. The molecule has 0 aliphatic rings. The third kappa shape index (κ3) is 5.03. The number of hydrogen-bond acceptors (Lipinski definition) is 3. The van der Waals surface area contributed by atoms with Crippen molar-refractivity contribution in [2.24, 2.45) is 5.10 Å². The Labute approximate surface area is 120 Å². The summed E-state index contributed by atoms with van der Waals surface area (Å²) in [5, 5.41) is 13.6. The summed E-state index contributed by atoms with van der Waals surface area (Å²) in [4.78, 5) is 11.2. The SMILES string of the molecule is CCCC/C(CCC)=N\Nc1cc(C)ccc1C(=O)O. The van der Waals surface area contributed by atoms with E-state index in [4.69, 9.17) is 0 Å². The van der Waals surface area contributed by atoms with Crippen LogP contribution in [0.4, 0.5) is 5.69 Å². The summed E-state index contributed by atoms with van der Waals surface area (Å²) >= 11 is 0. The van der Waals surface area contributed by atoms with E-state index < -0.39 is 5.97 Å². The van der Waals surface area contributed by atoms with E-state index in [0.717, 1.165) is 43.4 Å². The van der Waals surface area contributed by atoms with Crippen molar-refractivity contribution in [1.82, 2.24) is 0 Å². The van der Waals surface area contributed by atoms with Crippen molar-refractivity contribution >= 4 is 17.4 Å². The van der Waals surface area contributed by atoms with Gasteiger partial charge in [-0.15, -0.1) is 0 Å². The molecule has 0 amide bonds. The first-order valence-corrected chi connectivity index (χ1v) is 7.23. The topological polar surface area (TPSA) is 61.7 Å². The number of hydrogen-bond donors (Lipinski definition) is 2. The number of aryl methyl sites for hydroxylation is 1. The van der Waals surface area contributed by atoms with Crippen LogP contribution in [-0.2, 0) is 0 Å². The highest BCUT2D eigenvalue weighted by molar-refractivity contribution is 5.94. The number of nitrogens with one attached hydrogen (secondary N) is 1. The van der Waals surface area contributed by atoms with Crippen LogP contribution in [0.1, 0.15) is 61.9 Å². The van der Waals surface area contributed by atoms with Crippen LogP contribution in [0.25, 0.3) is 0 Å². The van der Waals surface area contributed by atoms with E-state index in [1.54, 1.807) is 12.1 Å². The molecule has 0 radical (unpaired) electrons. The van der Waals surface area contributed by atoms with Gasteiger partial charge in [0, 0.05) is 5.71 Å². The van der Waals surface area contributed by atoms with Crippen molar-refractivity contribution in [2.45, 2.75) is 52.9 Å². The quantitative estimate of drug-likeness (QED) is 0.544. The van der Waals surface area contributed by atoms with Gasteiger partial charge in [0.2, 0.25) is 0 Å². The van der Waals surface area contributed by atoms with Crippen LogP contribution >= 0.6 is 0 Å². The molecular formula is C16H24N2O2. The lowest BCUT2D eigenvalue weighted by Gasteiger charge is -2.09. The van der Waals surface area contributed by atoms with E-state index in [9.17, 15) is 9.90 Å². The summed E-state index contributed by atoms with van der Waals surface area (Å²) in [5.74, 6) is -0.937. The van der Waals surface area contributed by atoms with Crippen LogP contribution < -0.4 is 5.43 Å². The average molecular weight is 276 g/mol. The maximum absolute atomic E-state index is 11.2. The number of rotatable bonds is 8. The van der Waals surface area contributed by atoms with Crippen molar-refractivity contribution < 1.29 is 9.90 Å². The molecule has 1 rings (SSSR count). The van der Waals surface area contributed by atoms with Crippen molar-refractivity contribution in [3.8, 4) is 0 Å². The zero-order valence-electron chi connectivity index (χ0n) is 12.6. The predicted molar refractivity (Wildman–Crippen MR) is 83.6 cm³/mol. The minimum Gasteiger partial charge on any atom is -0.478 e. The molecule has 0 aliphatic heterocycles. The van der Waals surface area contributed by atoms with Crippen LogP contribution in [0.5, 0.6) is 0 Å². The summed E-state index contributed by atoms with van der Waals surface area (Å²) in [6.45, 7) is 6.21. The van der Waals surface area contributed by atoms with E-state index in [0.29, 0.717) is 5.69 Å². The molecule has 0 saturated carbocycles. The van der Waals surface area contributed by atoms with E-state index >= 15 is 0 Å².